The molecule has 9 nitrogen and oxygen atoms in total. The van der Waals surface area contributed by atoms with Gasteiger partial charge < -0.3 is 14.4 Å². The highest BCUT2D eigenvalue weighted by molar-refractivity contribution is 7.98. The molecular formula is C30H35F3N6O3S. The molecule has 2 aliphatic heterocycles. The Labute approximate surface area is 252 Å². The molecule has 3 aromatic rings. The zero-order valence-corrected chi connectivity index (χ0v) is 24.9. The Hall–Kier alpha value is -3.45. The number of nitrogens with one attached hydrogen (secondary N) is 2. The van der Waals surface area contributed by atoms with Gasteiger partial charge in [-0.1, -0.05) is 6.07 Å². The minimum Gasteiger partial charge on any atom is -0.494 e. The summed E-state index contributed by atoms with van der Waals surface area (Å²) in [6.07, 6.45) is 0.144. The van der Waals surface area contributed by atoms with E-state index in [0.29, 0.717) is 23.8 Å². The molecule has 6 rings (SSSR count). The summed E-state index contributed by atoms with van der Waals surface area (Å²) in [6, 6.07) is 12.6. The lowest BCUT2D eigenvalue weighted by Gasteiger charge is -2.38. The van der Waals surface area contributed by atoms with Crippen LogP contribution in [0.15, 0.2) is 53.6 Å². The van der Waals surface area contributed by atoms with Crippen molar-refractivity contribution in [3.63, 3.8) is 0 Å². The molecule has 1 atom stereocenters. The minimum absolute atomic E-state index is 0.0528. The van der Waals surface area contributed by atoms with E-state index in [2.05, 4.69) is 33.9 Å². The molecule has 0 spiro atoms. The second-order valence-electron chi connectivity index (χ2n) is 11.9. The summed E-state index contributed by atoms with van der Waals surface area (Å²) < 4.78 is 55.8. The number of hydrogen-bond donors (Lipinski definition) is 2. The highest BCUT2D eigenvalue weighted by atomic mass is 32.2. The number of aromatic nitrogens is 3. The van der Waals surface area contributed by atoms with E-state index in [1.165, 1.54) is 16.6 Å². The number of ether oxygens (including phenoxy) is 2. The van der Waals surface area contributed by atoms with Gasteiger partial charge in [-0.05, 0) is 94.7 Å². The third kappa shape index (κ3) is 6.28. The van der Waals surface area contributed by atoms with Gasteiger partial charge in [0.25, 0.3) is 5.91 Å². The van der Waals surface area contributed by atoms with E-state index in [0.717, 1.165) is 36.5 Å². The summed E-state index contributed by atoms with van der Waals surface area (Å²) in [6.45, 7) is 5.48. The van der Waals surface area contributed by atoms with E-state index < -0.39 is 11.6 Å². The van der Waals surface area contributed by atoms with Crippen molar-refractivity contribution in [2.24, 2.45) is 5.41 Å². The number of carbonyl (C=O) groups excluding carboxylic acids is 1. The second-order valence-corrected chi connectivity index (χ2v) is 12.8. The fourth-order valence-electron chi connectivity index (χ4n) is 5.72. The van der Waals surface area contributed by atoms with Gasteiger partial charge in [0, 0.05) is 29.2 Å². The van der Waals surface area contributed by atoms with Crippen molar-refractivity contribution in [3.05, 3.63) is 54.2 Å². The number of pyridine rings is 1. The van der Waals surface area contributed by atoms with Crippen molar-refractivity contribution >= 4 is 23.7 Å². The van der Waals surface area contributed by atoms with Crippen molar-refractivity contribution in [3.8, 4) is 17.4 Å². The van der Waals surface area contributed by atoms with Gasteiger partial charge in [-0.15, -0.1) is 5.10 Å². The summed E-state index contributed by atoms with van der Waals surface area (Å²) in [5, 5.41) is 8.05. The molecule has 0 radical (unpaired) electrons. The summed E-state index contributed by atoms with van der Waals surface area (Å²) in [7, 11) is 0. The molecule has 2 aromatic heterocycles. The van der Waals surface area contributed by atoms with Crippen LogP contribution in [0.1, 0.15) is 62.7 Å². The lowest BCUT2D eigenvalue weighted by atomic mass is 10.0. The molecule has 1 aliphatic carbocycles. The molecule has 1 saturated carbocycles. The largest absolute Gasteiger partial charge is 0.494 e. The number of hydrogen-bond acceptors (Lipinski definition) is 8. The van der Waals surface area contributed by atoms with E-state index in [1.54, 1.807) is 24.4 Å². The van der Waals surface area contributed by atoms with Crippen LogP contribution in [0.3, 0.4) is 0 Å². The first-order chi connectivity index (χ1) is 20.5. The number of rotatable bonds is 5. The quantitative estimate of drug-likeness (QED) is 0.343. The number of halogens is 3. The molecule has 2 N–H and O–H groups in total. The Morgan fingerprint density at radius 2 is 2.00 bits per heavy atom. The van der Waals surface area contributed by atoms with Gasteiger partial charge in [0.05, 0.1) is 30.4 Å². The smallest absolute Gasteiger partial charge is 0.394 e. The number of carbonyl (C=O) groups is 1. The monoisotopic (exact) mass is 616 g/mol. The molecular weight excluding hydrogens is 581 g/mol. The van der Waals surface area contributed by atoms with Gasteiger partial charge in [0.15, 0.2) is 5.82 Å². The van der Waals surface area contributed by atoms with Crippen molar-refractivity contribution in [1.82, 2.24) is 24.8 Å². The molecule has 1 amide bonds. The van der Waals surface area contributed by atoms with E-state index in [-0.39, 0.29) is 49.4 Å². The van der Waals surface area contributed by atoms with Gasteiger partial charge in [0.2, 0.25) is 5.88 Å². The number of amides is 1. The average molecular weight is 617 g/mol. The highest BCUT2D eigenvalue weighted by Gasteiger charge is 2.62. The molecule has 2 fully saturated rings. The maximum atomic E-state index is 13.6. The van der Waals surface area contributed by atoms with Crippen LogP contribution in [0.25, 0.3) is 5.82 Å². The molecule has 4 heterocycles. The second kappa shape index (κ2) is 11.6. The summed E-state index contributed by atoms with van der Waals surface area (Å²) >= 11 is 1.21. The molecule has 3 aliphatic rings. The van der Waals surface area contributed by atoms with Gasteiger partial charge in [-0.25, -0.2) is 9.67 Å². The predicted molar refractivity (Wildman–Crippen MR) is 157 cm³/mol. The molecule has 1 saturated heterocycles. The van der Waals surface area contributed by atoms with E-state index in [9.17, 15) is 18.0 Å². The Morgan fingerprint density at radius 3 is 2.79 bits per heavy atom. The Balaban J connectivity index is 1.27. The maximum Gasteiger partial charge on any atom is 0.394 e. The number of alkyl halides is 3. The van der Waals surface area contributed by atoms with Crippen molar-refractivity contribution in [2.45, 2.75) is 75.1 Å². The van der Waals surface area contributed by atoms with Crippen LogP contribution < -0.4 is 24.4 Å². The predicted octanol–water partition coefficient (Wildman–Crippen LogP) is 5.89. The molecule has 230 valence electrons. The number of fused-ring (bicyclic) bond motifs is 5. The molecule has 1 aromatic carbocycles. The van der Waals surface area contributed by atoms with Gasteiger partial charge in [-0.2, -0.15) is 13.2 Å². The SMILES string of the molecule is CC1(C)CCC2NCCCOc3cccc(c3)SNC(=O)c3ccc(-n4ccc(OCCC5(C(F)(F)F)CC5)n4)nc3N21. The van der Waals surface area contributed by atoms with Gasteiger partial charge >= 0.3 is 6.18 Å². The third-order valence-electron chi connectivity index (χ3n) is 8.45. The summed E-state index contributed by atoms with van der Waals surface area (Å²) in [5.41, 5.74) is -1.50. The molecule has 2 bridgehead atoms. The van der Waals surface area contributed by atoms with E-state index in [1.807, 2.05) is 24.3 Å². The Kier molecular flexibility index (Phi) is 7.97. The standard InChI is InChI=1S/C30H35F3N6O3S/c1-28(2)11-9-23-34-15-4-17-41-20-5-3-6-21(19-20)43-37-27(40)22-7-8-24(35-26(22)39(23)28)38-16-10-25(36-38)42-18-14-29(12-13-29)30(31,32)33/h3,5-8,10,16,19,23,34H,4,9,11-15,17-18H2,1-2H3,(H,37,40). The topological polar surface area (TPSA) is 93.5 Å². The Bertz CT molecular complexity index is 1480. The first-order valence-electron chi connectivity index (χ1n) is 14.5. The van der Waals surface area contributed by atoms with Crippen molar-refractivity contribution < 1.29 is 27.4 Å². The van der Waals surface area contributed by atoms with Crippen LogP contribution in [0, 0.1) is 5.41 Å². The fraction of sp³-hybridized carbons (Fsp3) is 0.500. The van der Waals surface area contributed by atoms with Gasteiger partial charge in [-0.3, -0.25) is 14.8 Å². The Morgan fingerprint density at radius 1 is 1.16 bits per heavy atom. The fourth-order valence-corrected chi connectivity index (χ4v) is 6.37. The van der Waals surface area contributed by atoms with Crippen LogP contribution in [-0.2, 0) is 0 Å². The lowest BCUT2D eigenvalue weighted by Crippen LogP contribution is -2.51. The average Bonchev–Trinajstić information content (AvgIpc) is 3.52. The van der Waals surface area contributed by atoms with Crippen LogP contribution in [-0.4, -0.2) is 58.3 Å². The zero-order chi connectivity index (χ0) is 30.2. The van der Waals surface area contributed by atoms with Crippen LogP contribution in [0.4, 0.5) is 19.0 Å². The number of anilines is 1. The van der Waals surface area contributed by atoms with Crippen molar-refractivity contribution in [1.29, 1.82) is 0 Å². The molecule has 1 unspecified atom stereocenters. The van der Waals surface area contributed by atoms with Crippen LogP contribution in [0.2, 0.25) is 0 Å². The summed E-state index contributed by atoms with van der Waals surface area (Å²) in [4.78, 5) is 21.6. The van der Waals surface area contributed by atoms with Crippen LogP contribution >= 0.6 is 11.9 Å². The van der Waals surface area contributed by atoms with E-state index in [4.69, 9.17) is 14.5 Å². The number of nitrogens with zero attached hydrogens (tertiary/aromatic N) is 4. The zero-order valence-electron chi connectivity index (χ0n) is 24.1. The van der Waals surface area contributed by atoms with Crippen molar-refractivity contribution in [2.75, 3.05) is 24.7 Å². The molecule has 13 heteroatoms. The van der Waals surface area contributed by atoms with E-state index >= 15 is 0 Å². The first-order valence-corrected chi connectivity index (χ1v) is 15.4. The lowest BCUT2D eigenvalue weighted by molar-refractivity contribution is -0.190. The third-order valence-corrected chi connectivity index (χ3v) is 9.23. The summed E-state index contributed by atoms with van der Waals surface area (Å²) in [5.74, 6) is 1.66. The minimum atomic E-state index is -4.22. The molecule has 43 heavy (non-hydrogen) atoms. The van der Waals surface area contributed by atoms with Crippen LogP contribution in [0.5, 0.6) is 11.6 Å². The first kappa shape index (κ1) is 29.6. The maximum absolute atomic E-state index is 13.6. The normalized spacial score (nSPS) is 21.5. The highest BCUT2D eigenvalue weighted by Crippen LogP contribution is 2.59. The van der Waals surface area contributed by atoms with Gasteiger partial charge in [0.1, 0.15) is 11.6 Å². The number of benzene rings is 1.